The van der Waals surface area contributed by atoms with Gasteiger partial charge >= 0.3 is 0 Å². The Morgan fingerprint density at radius 1 is 1.43 bits per heavy atom. The Hall–Kier alpha value is -2.30. The predicted molar refractivity (Wildman–Crippen MR) is 87.3 cm³/mol. The van der Waals surface area contributed by atoms with Crippen LogP contribution in [0.3, 0.4) is 0 Å². The summed E-state index contributed by atoms with van der Waals surface area (Å²) < 4.78 is 10.7. The number of benzene rings is 1. The highest BCUT2D eigenvalue weighted by Gasteiger charge is 2.53. The molecule has 1 fully saturated rings. The van der Waals surface area contributed by atoms with Gasteiger partial charge in [-0.15, -0.1) is 0 Å². The lowest BCUT2D eigenvalue weighted by Crippen LogP contribution is -2.40. The minimum absolute atomic E-state index is 0.0531. The van der Waals surface area contributed by atoms with Crippen molar-refractivity contribution >= 4 is 5.91 Å². The smallest absolute Gasteiger partial charge is 0.232 e. The van der Waals surface area contributed by atoms with E-state index in [1.54, 1.807) is 7.11 Å². The molecule has 1 atom stereocenters. The Labute approximate surface area is 136 Å². The van der Waals surface area contributed by atoms with Gasteiger partial charge in [-0.1, -0.05) is 24.2 Å². The van der Waals surface area contributed by atoms with Crippen LogP contribution in [-0.2, 0) is 10.2 Å². The van der Waals surface area contributed by atoms with Gasteiger partial charge in [-0.25, -0.2) is 0 Å². The maximum absolute atomic E-state index is 12.5. The summed E-state index contributed by atoms with van der Waals surface area (Å²) in [7, 11) is 1.63. The van der Waals surface area contributed by atoms with Crippen molar-refractivity contribution in [3.8, 4) is 17.1 Å². The average molecular weight is 314 g/mol. The number of hydrogen-bond acceptors (Lipinski definition) is 4. The molecule has 1 unspecified atom stereocenters. The normalized spacial score (nSPS) is 16.7. The highest BCUT2D eigenvalue weighted by atomic mass is 16.5. The second kappa shape index (κ2) is 6.07. The third-order valence-corrected chi connectivity index (χ3v) is 4.53. The summed E-state index contributed by atoms with van der Waals surface area (Å²) in [6.07, 6.45) is 2.55. The molecule has 1 aliphatic carbocycles. The maximum atomic E-state index is 12.5. The first-order valence-corrected chi connectivity index (χ1v) is 8.01. The van der Waals surface area contributed by atoms with E-state index < -0.39 is 5.41 Å². The van der Waals surface area contributed by atoms with Crippen molar-refractivity contribution in [1.82, 2.24) is 10.5 Å². The molecule has 1 saturated carbocycles. The second-order valence-corrected chi connectivity index (χ2v) is 6.17. The number of nitrogens with one attached hydrogen (secondary N) is 1. The van der Waals surface area contributed by atoms with Crippen molar-refractivity contribution in [2.45, 2.75) is 44.6 Å². The number of hydrogen-bond donors (Lipinski definition) is 1. The van der Waals surface area contributed by atoms with Crippen molar-refractivity contribution in [3.05, 3.63) is 36.0 Å². The van der Waals surface area contributed by atoms with Crippen molar-refractivity contribution in [1.29, 1.82) is 0 Å². The van der Waals surface area contributed by atoms with E-state index >= 15 is 0 Å². The van der Waals surface area contributed by atoms with E-state index in [0.29, 0.717) is 5.76 Å². The monoisotopic (exact) mass is 314 g/mol. The zero-order chi connectivity index (χ0) is 16.4. The van der Waals surface area contributed by atoms with Gasteiger partial charge in [0.1, 0.15) is 5.75 Å². The van der Waals surface area contributed by atoms with Crippen molar-refractivity contribution in [2.24, 2.45) is 0 Å². The fourth-order valence-electron chi connectivity index (χ4n) is 2.60. The minimum atomic E-state index is -0.510. The first kappa shape index (κ1) is 15.6. The Morgan fingerprint density at radius 2 is 2.22 bits per heavy atom. The molecule has 2 aromatic rings. The Kier molecular flexibility index (Phi) is 4.11. The fraction of sp³-hybridized carbons (Fsp3) is 0.444. The van der Waals surface area contributed by atoms with Crippen LogP contribution in [0.15, 0.2) is 34.9 Å². The van der Waals surface area contributed by atoms with Crippen molar-refractivity contribution in [2.75, 3.05) is 7.11 Å². The quantitative estimate of drug-likeness (QED) is 0.888. The molecule has 122 valence electrons. The zero-order valence-electron chi connectivity index (χ0n) is 13.8. The number of ether oxygens (including phenoxy) is 1. The Morgan fingerprint density at radius 3 is 2.87 bits per heavy atom. The van der Waals surface area contributed by atoms with Crippen LogP contribution in [0, 0.1) is 0 Å². The fourth-order valence-corrected chi connectivity index (χ4v) is 2.60. The molecule has 1 N–H and O–H groups in total. The van der Waals surface area contributed by atoms with Gasteiger partial charge in [-0.2, -0.15) is 0 Å². The van der Waals surface area contributed by atoms with Crippen LogP contribution < -0.4 is 10.1 Å². The van der Waals surface area contributed by atoms with Crippen LogP contribution in [0.2, 0.25) is 0 Å². The summed E-state index contributed by atoms with van der Waals surface area (Å²) in [5, 5.41) is 7.22. The number of rotatable bonds is 6. The lowest BCUT2D eigenvalue weighted by Gasteiger charge is -2.16. The summed E-state index contributed by atoms with van der Waals surface area (Å²) in [5.41, 5.74) is 1.10. The predicted octanol–water partition coefficient (Wildman–Crippen LogP) is 3.30. The van der Waals surface area contributed by atoms with Crippen LogP contribution in [-0.4, -0.2) is 24.2 Å². The molecule has 0 bridgehead atoms. The standard InChI is InChI=1S/C18H22N2O3/c1-4-12(2)19-17(21)18(8-9-18)16-11-15(23-20-16)13-6-5-7-14(10-13)22-3/h5-7,10-12H,4,8-9H2,1-3H3,(H,19,21). The first-order chi connectivity index (χ1) is 11.1. The van der Waals surface area contributed by atoms with Gasteiger partial charge < -0.3 is 14.6 Å². The summed E-state index contributed by atoms with van der Waals surface area (Å²) in [6.45, 7) is 4.07. The summed E-state index contributed by atoms with van der Waals surface area (Å²) in [4.78, 5) is 12.5. The van der Waals surface area contributed by atoms with Crippen LogP contribution >= 0.6 is 0 Å². The van der Waals surface area contributed by atoms with E-state index in [-0.39, 0.29) is 11.9 Å². The lowest BCUT2D eigenvalue weighted by molar-refractivity contribution is -0.124. The highest BCUT2D eigenvalue weighted by molar-refractivity contribution is 5.91. The van der Waals surface area contributed by atoms with Gasteiger partial charge in [0.2, 0.25) is 5.91 Å². The number of carbonyl (C=O) groups excluding carboxylic acids is 1. The molecule has 3 rings (SSSR count). The summed E-state index contributed by atoms with van der Waals surface area (Å²) in [6, 6.07) is 9.65. The number of carbonyl (C=O) groups is 1. The average Bonchev–Trinajstić information content (AvgIpc) is 3.25. The zero-order valence-corrected chi connectivity index (χ0v) is 13.8. The Balaban J connectivity index is 1.82. The second-order valence-electron chi connectivity index (χ2n) is 6.17. The van der Waals surface area contributed by atoms with Crippen LogP contribution in [0.1, 0.15) is 38.8 Å². The number of amides is 1. The molecule has 23 heavy (non-hydrogen) atoms. The van der Waals surface area contributed by atoms with E-state index in [4.69, 9.17) is 9.26 Å². The van der Waals surface area contributed by atoms with Crippen molar-refractivity contribution < 1.29 is 14.1 Å². The molecule has 5 heteroatoms. The molecule has 0 aliphatic heterocycles. The minimum Gasteiger partial charge on any atom is -0.497 e. The number of methoxy groups -OCH3 is 1. The molecule has 0 radical (unpaired) electrons. The van der Waals surface area contributed by atoms with E-state index in [2.05, 4.69) is 17.4 Å². The third-order valence-electron chi connectivity index (χ3n) is 4.53. The Bertz CT molecular complexity index is 704. The van der Waals surface area contributed by atoms with Crippen LogP contribution in [0.25, 0.3) is 11.3 Å². The van der Waals surface area contributed by atoms with Gasteiger partial charge in [0.05, 0.1) is 18.2 Å². The molecule has 5 nitrogen and oxygen atoms in total. The largest absolute Gasteiger partial charge is 0.497 e. The van der Waals surface area contributed by atoms with Gasteiger partial charge in [-0.3, -0.25) is 4.79 Å². The van der Waals surface area contributed by atoms with Gasteiger partial charge in [-0.05, 0) is 38.3 Å². The van der Waals surface area contributed by atoms with Gasteiger partial charge in [0.25, 0.3) is 0 Å². The molecule has 1 amide bonds. The van der Waals surface area contributed by atoms with Crippen LogP contribution in [0.4, 0.5) is 0 Å². The molecule has 1 aromatic carbocycles. The van der Waals surface area contributed by atoms with E-state index in [0.717, 1.165) is 36.3 Å². The lowest BCUT2D eigenvalue weighted by atomic mass is 9.99. The SMILES string of the molecule is CCC(C)NC(=O)C1(c2cc(-c3cccc(OC)c3)on2)CC1. The van der Waals surface area contributed by atoms with E-state index in [9.17, 15) is 4.79 Å². The molecule has 1 heterocycles. The van der Waals surface area contributed by atoms with Crippen molar-refractivity contribution in [3.63, 3.8) is 0 Å². The first-order valence-electron chi connectivity index (χ1n) is 8.01. The molecule has 0 spiro atoms. The summed E-state index contributed by atoms with van der Waals surface area (Å²) in [5.74, 6) is 1.47. The van der Waals surface area contributed by atoms with E-state index in [1.165, 1.54) is 0 Å². The molecular formula is C18H22N2O3. The third kappa shape index (κ3) is 2.96. The number of aromatic nitrogens is 1. The molecule has 0 saturated heterocycles. The summed E-state index contributed by atoms with van der Waals surface area (Å²) >= 11 is 0. The molecule has 1 aromatic heterocycles. The van der Waals surface area contributed by atoms with Gasteiger partial charge in [0, 0.05) is 17.7 Å². The highest BCUT2D eigenvalue weighted by Crippen LogP contribution is 2.48. The number of nitrogens with zero attached hydrogens (tertiary/aromatic N) is 1. The van der Waals surface area contributed by atoms with Gasteiger partial charge in [0.15, 0.2) is 5.76 Å². The van der Waals surface area contributed by atoms with Crippen LogP contribution in [0.5, 0.6) is 5.75 Å². The molecule has 1 aliphatic rings. The van der Waals surface area contributed by atoms with E-state index in [1.807, 2.05) is 37.3 Å². The topological polar surface area (TPSA) is 64.4 Å². The maximum Gasteiger partial charge on any atom is 0.232 e. The molecular weight excluding hydrogens is 292 g/mol.